The van der Waals surface area contributed by atoms with Crippen molar-refractivity contribution < 1.29 is 0 Å². The second-order valence-electron chi connectivity index (χ2n) is 2.82. The van der Waals surface area contributed by atoms with Crippen molar-refractivity contribution >= 4 is 40.5 Å². The zero-order chi connectivity index (χ0) is 10.4. The van der Waals surface area contributed by atoms with Crippen molar-refractivity contribution in [1.82, 2.24) is 0 Å². The molecule has 0 spiro atoms. The van der Waals surface area contributed by atoms with Gasteiger partial charge in [-0.15, -0.1) is 23.2 Å². The third-order valence-corrected chi connectivity index (χ3v) is 2.56. The molecule has 0 amide bonds. The van der Waals surface area contributed by atoms with E-state index in [9.17, 15) is 0 Å². The van der Waals surface area contributed by atoms with E-state index in [4.69, 9.17) is 34.8 Å². The maximum atomic E-state index is 6.06. The number of nitrogens with zero attached hydrogens (tertiary/aromatic N) is 1. The predicted octanol–water partition coefficient (Wildman–Crippen LogP) is 3.62. The number of benzene rings is 1. The second kappa shape index (κ2) is 6.39. The number of hydrogen-bond acceptors (Lipinski definition) is 1. The molecule has 0 atom stereocenters. The van der Waals surface area contributed by atoms with Gasteiger partial charge in [0.2, 0.25) is 0 Å². The average Bonchev–Trinajstić information content (AvgIpc) is 2.18. The lowest BCUT2D eigenvalue weighted by molar-refractivity contribution is 0.874. The lowest BCUT2D eigenvalue weighted by atomic mass is 10.3. The number of alkyl halides is 2. The van der Waals surface area contributed by atoms with Crippen LogP contribution >= 0.6 is 34.8 Å². The molecule has 0 aliphatic carbocycles. The summed E-state index contributed by atoms with van der Waals surface area (Å²) in [5, 5.41) is 0.739. The van der Waals surface area contributed by atoms with Gasteiger partial charge < -0.3 is 4.90 Å². The van der Waals surface area contributed by atoms with Crippen LogP contribution in [0.4, 0.5) is 5.69 Å². The number of anilines is 1. The molecular formula is C10H12Cl3N. The Kier molecular flexibility index (Phi) is 5.46. The van der Waals surface area contributed by atoms with Gasteiger partial charge in [-0.2, -0.15) is 0 Å². The minimum Gasteiger partial charge on any atom is -0.368 e. The van der Waals surface area contributed by atoms with Gasteiger partial charge in [0.25, 0.3) is 0 Å². The van der Waals surface area contributed by atoms with Gasteiger partial charge in [-0.05, 0) is 12.1 Å². The van der Waals surface area contributed by atoms with Crippen LogP contribution in [-0.4, -0.2) is 24.8 Å². The van der Waals surface area contributed by atoms with E-state index in [2.05, 4.69) is 4.90 Å². The molecule has 1 nitrogen and oxygen atoms in total. The molecule has 0 saturated carbocycles. The molecule has 0 aromatic heterocycles. The summed E-state index contributed by atoms with van der Waals surface area (Å²) in [5.74, 6) is 1.14. The number of para-hydroxylation sites is 1. The Balaban J connectivity index is 2.81. The van der Waals surface area contributed by atoms with E-state index in [1.807, 2.05) is 24.3 Å². The van der Waals surface area contributed by atoms with Crippen molar-refractivity contribution in [3.05, 3.63) is 29.3 Å². The van der Waals surface area contributed by atoms with Gasteiger partial charge in [0.15, 0.2) is 0 Å². The highest BCUT2D eigenvalue weighted by Gasteiger charge is 2.07. The van der Waals surface area contributed by atoms with Crippen molar-refractivity contribution in [2.45, 2.75) is 0 Å². The lowest BCUT2D eigenvalue weighted by Crippen LogP contribution is -2.27. The fourth-order valence-corrected chi connectivity index (χ4v) is 1.93. The first-order chi connectivity index (χ1) is 6.79. The molecule has 1 aromatic rings. The standard InChI is InChI=1S/C10H12Cl3N/c11-5-7-14(8-6-12)10-4-2-1-3-9(10)13/h1-4H,5-8H2. The quantitative estimate of drug-likeness (QED) is 0.724. The van der Waals surface area contributed by atoms with Gasteiger partial charge in [-0.1, -0.05) is 23.7 Å². The molecule has 14 heavy (non-hydrogen) atoms. The molecule has 0 fully saturated rings. The molecule has 0 heterocycles. The van der Waals surface area contributed by atoms with Crippen LogP contribution < -0.4 is 4.90 Å². The van der Waals surface area contributed by atoms with E-state index in [1.54, 1.807) is 0 Å². The van der Waals surface area contributed by atoms with Crippen molar-refractivity contribution in [3.8, 4) is 0 Å². The summed E-state index contributed by atoms with van der Waals surface area (Å²) in [5.41, 5.74) is 0.996. The Bertz CT molecular complexity index is 272. The predicted molar refractivity (Wildman–Crippen MR) is 65.1 cm³/mol. The van der Waals surface area contributed by atoms with Crippen LogP contribution in [0.15, 0.2) is 24.3 Å². The van der Waals surface area contributed by atoms with Crippen LogP contribution in [0.2, 0.25) is 5.02 Å². The molecule has 0 saturated heterocycles. The largest absolute Gasteiger partial charge is 0.368 e. The van der Waals surface area contributed by atoms with Crippen LogP contribution in [0.25, 0.3) is 0 Å². The van der Waals surface area contributed by atoms with Gasteiger partial charge in [-0.25, -0.2) is 0 Å². The smallest absolute Gasteiger partial charge is 0.0639 e. The summed E-state index contributed by atoms with van der Waals surface area (Å²) in [4.78, 5) is 2.09. The average molecular weight is 253 g/mol. The molecule has 0 N–H and O–H groups in total. The van der Waals surface area contributed by atoms with Crippen molar-refractivity contribution in [2.24, 2.45) is 0 Å². The summed E-state index contributed by atoms with van der Waals surface area (Å²) in [7, 11) is 0. The zero-order valence-corrected chi connectivity index (χ0v) is 9.99. The second-order valence-corrected chi connectivity index (χ2v) is 3.98. The van der Waals surface area contributed by atoms with E-state index < -0.39 is 0 Å². The highest BCUT2D eigenvalue weighted by molar-refractivity contribution is 6.33. The minimum atomic E-state index is 0.572. The van der Waals surface area contributed by atoms with Crippen LogP contribution in [0, 0.1) is 0 Å². The Labute approximate surface area is 99.6 Å². The first kappa shape index (κ1) is 12.0. The number of rotatable bonds is 5. The van der Waals surface area contributed by atoms with Gasteiger partial charge in [-0.3, -0.25) is 0 Å². The van der Waals surface area contributed by atoms with Crippen LogP contribution in [0.1, 0.15) is 0 Å². The maximum Gasteiger partial charge on any atom is 0.0639 e. The highest BCUT2D eigenvalue weighted by Crippen LogP contribution is 2.24. The first-order valence-electron chi connectivity index (χ1n) is 4.41. The summed E-state index contributed by atoms with van der Waals surface area (Å²) in [6.45, 7) is 1.52. The van der Waals surface area contributed by atoms with Crippen LogP contribution in [0.3, 0.4) is 0 Å². The van der Waals surface area contributed by atoms with Gasteiger partial charge in [0, 0.05) is 24.8 Å². The molecule has 4 heteroatoms. The van der Waals surface area contributed by atoms with E-state index in [-0.39, 0.29) is 0 Å². The molecule has 0 radical (unpaired) electrons. The maximum absolute atomic E-state index is 6.06. The molecule has 1 aromatic carbocycles. The Morgan fingerprint density at radius 2 is 1.57 bits per heavy atom. The summed E-state index contributed by atoms with van der Waals surface area (Å²) in [6.07, 6.45) is 0. The first-order valence-corrected chi connectivity index (χ1v) is 5.85. The fourth-order valence-electron chi connectivity index (χ4n) is 1.26. The van der Waals surface area contributed by atoms with E-state index in [1.165, 1.54) is 0 Å². The van der Waals surface area contributed by atoms with Crippen molar-refractivity contribution in [3.63, 3.8) is 0 Å². The molecule has 0 unspecified atom stereocenters. The highest BCUT2D eigenvalue weighted by atomic mass is 35.5. The van der Waals surface area contributed by atoms with Crippen LogP contribution in [-0.2, 0) is 0 Å². The molecule has 1 rings (SSSR count). The van der Waals surface area contributed by atoms with E-state index in [0.717, 1.165) is 23.8 Å². The van der Waals surface area contributed by atoms with Gasteiger partial charge in [0.1, 0.15) is 0 Å². The third-order valence-electron chi connectivity index (χ3n) is 1.90. The van der Waals surface area contributed by atoms with Crippen molar-refractivity contribution in [1.29, 1.82) is 0 Å². The van der Waals surface area contributed by atoms with Gasteiger partial charge in [0.05, 0.1) is 10.7 Å². The summed E-state index contributed by atoms with van der Waals surface area (Å²) in [6, 6.07) is 7.70. The van der Waals surface area contributed by atoms with E-state index in [0.29, 0.717) is 11.8 Å². The topological polar surface area (TPSA) is 3.24 Å². The molecule has 0 aliphatic heterocycles. The summed E-state index contributed by atoms with van der Waals surface area (Å²) >= 11 is 17.5. The Hall–Kier alpha value is -0.110. The molecular weight excluding hydrogens is 240 g/mol. The zero-order valence-electron chi connectivity index (χ0n) is 7.72. The summed E-state index contributed by atoms with van der Waals surface area (Å²) < 4.78 is 0. The number of hydrogen-bond donors (Lipinski definition) is 0. The SMILES string of the molecule is ClCCN(CCCl)c1ccccc1Cl. The monoisotopic (exact) mass is 251 g/mol. The van der Waals surface area contributed by atoms with Crippen LogP contribution in [0.5, 0.6) is 0 Å². The minimum absolute atomic E-state index is 0.572. The lowest BCUT2D eigenvalue weighted by Gasteiger charge is -2.23. The number of halogens is 3. The van der Waals surface area contributed by atoms with Crippen molar-refractivity contribution in [2.75, 3.05) is 29.7 Å². The fraction of sp³-hybridized carbons (Fsp3) is 0.400. The normalized spacial score (nSPS) is 10.2. The third kappa shape index (κ3) is 3.23. The van der Waals surface area contributed by atoms with Gasteiger partial charge >= 0.3 is 0 Å². The molecule has 0 bridgehead atoms. The Morgan fingerprint density at radius 1 is 1.00 bits per heavy atom. The van der Waals surface area contributed by atoms with E-state index >= 15 is 0 Å². The Morgan fingerprint density at radius 3 is 2.07 bits per heavy atom. The molecule has 0 aliphatic rings. The molecule has 78 valence electrons.